The first-order valence-corrected chi connectivity index (χ1v) is 8.56. The minimum absolute atomic E-state index is 0.181. The number of benzene rings is 1. The van der Waals surface area contributed by atoms with Crippen molar-refractivity contribution in [3.63, 3.8) is 0 Å². The minimum atomic E-state index is -0.181. The Labute approximate surface area is 127 Å². The van der Waals surface area contributed by atoms with Crippen molar-refractivity contribution < 1.29 is 0 Å². The third-order valence-corrected chi connectivity index (χ3v) is 5.70. The van der Waals surface area contributed by atoms with Crippen LogP contribution in [0.25, 0.3) is 0 Å². The van der Waals surface area contributed by atoms with Crippen LogP contribution < -0.4 is 0 Å². The van der Waals surface area contributed by atoms with Gasteiger partial charge in [0.25, 0.3) is 0 Å². The van der Waals surface area contributed by atoms with Gasteiger partial charge in [0.05, 0.1) is 6.07 Å². The van der Waals surface area contributed by atoms with Gasteiger partial charge in [-0.05, 0) is 50.2 Å². The van der Waals surface area contributed by atoms with Crippen LogP contribution >= 0.6 is 11.8 Å². The lowest BCUT2D eigenvalue weighted by Gasteiger charge is -2.53. The first-order valence-electron chi connectivity index (χ1n) is 7.74. The molecule has 2 heteroatoms. The van der Waals surface area contributed by atoms with Crippen molar-refractivity contribution in [1.82, 2.24) is 0 Å². The van der Waals surface area contributed by atoms with E-state index in [-0.39, 0.29) is 4.75 Å². The lowest BCUT2D eigenvalue weighted by molar-refractivity contribution is 0.0831. The lowest BCUT2D eigenvalue weighted by atomic mass is 9.58. The molecule has 1 aromatic rings. The molecular formula is C18H25NS. The monoisotopic (exact) mass is 287 g/mol. The van der Waals surface area contributed by atoms with E-state index in [0.717, 1.165) is 12.8 Å². The predicted octanol–water partition coefficient (Wildman–Crippen LogP) is 5.73. The molecule has 1 aliphatic carbocycles. The van der Waals surface area contributed by atoms with Crippen LogP contribution in [0.4, 0.5) is 0 Å². The van der Waals surface area contributed by atoms with Crippen LogP contribution in [0.5, 0.6) is 0 Å². The zero-order chi connectivity index (χ0) is 14.6. The summed E-state index contributed by atoms with van der Waals surface area (Å²) in [6, 6.07) is 11.2. The summed E-state index contributed by atoms with van der Waals surface area (Å²) < 4.78 is -0.181. The molecule has 20 heavy (non-hydrogen) atoms. The van der Waals surface area contributed by atoms with Gasteiger partial charge in [-0.2, -0.15) is 5.26 Å². The summed E-state index contributed by atoms with van der Waals surface area (Å²) in [6.45, 7) is 6.62. The Kier molecular flexibility index (Phi) is 4.81. The SMILES string of the molecule is CCCC1(CCC)CC(C#N)(Sc2ccc(C)cc2)C1. The molecule has 0 bridgehead atoms. The smallest absolute Gasteiger partial charge is 0.108 e. The van der Waals surface area contributed by atoms with E-state index in [9.17, 15) is 5.26 Å². The number of hydrogen-bond donors (Lipinski definition) is 0. The van der Waals surface area contributed by atoms with Crippen LogP contribution in [-0.2, 0) is 0 Å². The minimum Gasteiger partial charge on any atom is -0.197 e. The van der Waals surface area contributed by atoms with E-state index < -0.39 is 0 Å². The van der Waals surface area contributed by atoms with Crippen LogP contribution in [-0.4, -0.2) is 4.75 Å². The van der Waals surface area contributed by atoms with Gasteiger partial charge >= 0.3 is 0 Å². The topological polar surface area (TPSA) is 23.8 Å². The van der Waals surface area contributed by atoms with Gasteiger partial charge in [-0.1, -0.05) is 44.4 Å². The van der Waals surface area contributed by atoms with Crippen molar-refractivity contribution in [3.8, 4) is 6.07 Å². The predicted molar refractivity (Wildman–Crippen MR) is 86.9 cm³/mol. The van der Waals surface area contributed by atoms with E-state index in [1.807, 2.05) is 0 Å². The van der Waals surface area contributed by atoms with Gasteiger partial charge in [0, 0.05) is 4.90 Å². The zero-order valence-corrected chi connectivity index (χ0v) is 13.7. The van der Waals surface area contributed by atoms with Crippen LogP contribution in [0.2, 0.25) is 0 Å². The first-order chi connectivity index (χ1) is 9.57. The largest absolute Gasteiger partial charge is 0.197 e. The average molecular weight is 287 g/mol. The second-order valence-corrected chi connectivity index (χ2v) is 7.83. The van der Waals surface area contributed by atoms with Crippen LogP contribution in [0.1, 0.15) is 57.9 Å². The molecule has 0 aliphatic heterocycles. The highest BCUT2D eigenvalue weighted by molar-refractivity contribution is 8.01. The number of nitrogens with zero attached hydrogens (tertiary/aromatic N) is 1. The molecule has 0 radical (unpaired) electrons. The van der Waals surface area contributed by atoms with E-state index in [2.05, 4.69) is 51.1 Å². The number of hydrogen-bond acceptors (Lipinski definition) is 2. The molecule has 0 atom stereocenters. The summed E-state index contributed by atoms with van der Waals surface area (Å²) in [6.07, 6.45) is 7.15. The Morgan fingerprint density at radius 2 is 1.65 bits per heavy atom. The fourth-order valence-corrected chi connectivity index (χ4v) is 5.23. The van der Waals surface area contributed by atoms with Crippen molar-refractivity contribution in [2.45, 2.75) is 68.9 Å². The standard InChI is InChI=1S/C18H25NS/c1-4-10-17(11-5-2)12-18(13-17,14-19)20-16-8-6-15(3)7-9-16/h6-9H,4-5,10-13H2,1-3H3. The molecule has 0 heterocycles. The summed E-state index contributed by atoms with van der Waals surface area (Å²) in [5.74, 6) is 0. The van der Waals surface area contributed by atoms with E-state index in [4.69, 9.17) is 0 Å². The Morgan fingerprint density at radius 1 is 1.10 bits per heavy atom. The zero-order valence-electron chi connectivity index (χ0n) is 12.9. The van der Waals surface area contributed by atoms with Crippen LogP contribution in [0.3, 0.4) is 0 Å². The van der Waals surface area contributed by atoms with Gasteiger partial charge in [-0.15, -0.1) is 11.8 Å². The van der Waals surface area contributed by atoms with Crippen molar-refractivity contribution in [3.05, 3.63) is 29.8 Å². The molecule has 1 aliphatic rings. The molecular weight excluding hydrogens is 262 g/mol. The molecule has 1 nitrogen and oxygen atoms in total. The second-order valence-electron chi connectivity index (χ2n) is 6.37. The summed E-state index contributed by atoms with van der Waals surface area (Å²) in [5, 5.41) is 9.65. The molecule has 1 saturated carbocycles. The maximum atomic E-state index is 9.65. The highest BCUT2D eigenvalue weighted by atomic mass is 32.2. The normalized spacial score (nSPS) is 19.1. The number of nitriles is 1. The molecule has 0 spiro atoms. The third-order valence-electron chi connectivity index (χ3n) is 4.42. The fourth-order valence-electron chi connectivity index (χ4n) is 3.70. The molecule has 0 unspecified atom stereocenters. The van der Waals surface area contributed by atoms with Crippen molar-refractivity contribution in [1.29, 1.82) is 5.26 Å². The molecule has 1 fully saturated rings. The molecule has 0 amide bonds. The molecule has 1 aromatic carbocycles. The van der Waals surface area contributed by atoms with Gasteiger partial charge in [0.15, 0.2) is 0 Å². The van der Waals surface area contributed by atoms with E-state index in [0.29, 0.717) is 5.41 Å². The van der Waals surface area contributed by atoms with Gasteiger partial charge in [0.1, 0.15) is 4.75 Å². The second kappa shape index (κ2) is 6.22. The van der Waals surface area contributed by atoms with Gasteiger partial charge in [0.2, 0.25) is 0 Å². The summed E-state index contributed by atoms with van der Waals surface area (Å²) in [4.78, 5) is 1.23. The number of aryl methyl sites for hydroxylation is 1. The molecule has 108 valence electrons. The Hall–Kier alpha value is -0.940. The summed E-state index contributed by atoms with van der Waals surface area (Å²) in [7, 11) is 0. The molecule has 0 N–H and O–H groups in total. The van der Waals surface area contributed by atoms with Gasteiger partial charge < -0.3 is 0 Å². The molecule has 0 aromatic heterocycles. The summed E-state index contributed by atoms with van der Waals surface area (Å²) >= 11 is 1.78. The van der Waals surface area contributed by atoms with Crippen molar-refractivity contribution >= 4 is 11.8 Å². The van der Waals surface area contributed by atoms with Crippen LogP contribution in [0.15, 0.2) is 29.2 Å². The van der Waals surface area contributed by atoms with E-state index in [1.165, 1.54) is 36.1 Å². The van der Waals surface area contributed by atoms with Gasteiger partial charge in [-0.3, -0.25) is 0 Å². The van der Waals surface area contributed by atoms with E-state index in [1.54, 1.807) is 11.8 Å². The Morgan fingerprint density at radius 3 is 2.10 bits per heavy atom. The van der Waals surface area contributed by atoms with E-state index >= 15 is 0 Å². The molecule has 0 saturated heterocycles. The first kappa shape index (κ1) is 15.4. The fraction of sp³-hybridized carbons (Fsp3) is 0.611. The Bertz CT molecular complexity index is 469. The summed E-state index contributed by atoms with van der Waals surface area (Å²) in [5.41, 5.74) is 1.72. The lowest BCUT2D eigenvalue weighted by Crippen LogP contribution is -2.48. The average Bonchev–Trinajstić information content (AvgIpc) is 2.40. The van der Waals surface area contributed by atoms with Gasteiger partial charge in [-0.25, -0.2) is 0 Å². The Balaban J connectivity index is 2.06. The van der Waals surface area contributed by atoms with Crippen molar-refractivity contribution in [2.24, 2.45) is 5.41 Å². The number of rotatable bonds is 6. The quantitative estimate of drug-likeness (QED) is 0.667. The highest BCUT2D eigenvalue weighted by Gasteiger charge is 2.54. The maximum Gasteiger partial charge on any atom is 0.108 e. The van der Waals surface area contributed by atoms with Crippen LogP contribution in [0, 0.1) is 23.7 Å². The van der Waals surface area contributed by atoms with Crippen molar-refractivity contribution in [2.75, 3.05) is 0 Å². The maximum absolute atomic E-state index is 9.65. The molecule has 2 rings (SSSR count). The number of thioether (sulfide) groups is 1. The third kappa shape index (κ3) is 3.20. The highest BCUT2D eigenvalue weighted by Crippen LogP contribution is 2.61.